The highest BCUT2D eigenvalue weighted by Crippen LogP contribution is 2.28. The molecule has 6 heteroatoms. The molecule has 2 aromatic rings. The third-order valence-corrected chi connectivity index (χ3v) is 4.12. The fourth-order valence-corrected chi connectivity index (χ4v) is 2.89. The van der Waals surface area contributed by atoms with E-state index in [-0.39, 0.29) is 0 Å². The predicted octanol–water partition coefficient (Wildman–Crippen LogP) is 2.60. The van der Waals surface area contributed by atoms with Gasteiger partial charge in [-0.15, -0.1) is 5.10 Å². The number of aromatic nitrogens is 3. The van der Waals surface area contributed by atoms with Crippen LogP contribution in [0.4, 0.5) is 5.95 Å². The van der Waals surface area contributed by atoms with Crippen molar-refractivity contribution in [3.05, 3.63) is 22.8 Å². The van der Waals surface area contributed by atoms with Crippen molar-refractivity contribution < 1.29 is 5.11 Å². The molecule has 2 heterocycles. The summed E-state index contributed by atoms with van der Waals surface area (Å²) in [6.45, 7) is 0.519. The number of rotatable bonds is 3. The number of hydrogen-bond acceptors (Lipinski definition) is 4. The standard InChI is InChI=1S/C13H17BrN4O/c14-10-4-5-11-16-12(17-18(11)8-10)15-9-13(19)6-2-1-3-7-13/h4-5,8,19H,1-3,6-7,9H2,(H,15,17). The summed E-state index contributed by atoms with van der Waals surface area (Å²) >= 11 is 3.40. The van der Waals surface area contributed by atoms with Crippen LogP contribution in [0.2, 0.25) is 0 Å². The zero-order chi connectivity index (χ0) is 13.3. The topological polar surface area (TPSA) is 62.5 Å². The van der Waals surface area contributed by atoms with Gasteiger partial charge in [-0.3, -0.25) is 0 Å². The molecule has 1 aliphatic rings. The summed E-state index contributed by atoms with van der Waals surface area (Å²) < 4.78 is 2.68. The Bertz CT molecular complexity index is 577. The van der Waals surface area contributed by atoms with Gasteiger partial charge in [0.1, 0.15) is 0 Å². The lowest BCUT2D eigenvalue weighted by atomic mass is 9.85. The SMILES string of the molecule is OC1(CNc2nc3ccc(Br)cn3n2)CCCCC1. The zero-order valence-corrected chi connectivity index (χ0v) is 12.2. The molecule has 0 amide bonds. The summed E-state index contributed by atoms with van der Waals surface area (Å²) in [7, 11) is 0. The second kappa shape index (κ2) is 5.09. The Hall–Kier alpha value is -1.14. The molecule has 19 heavy (non-hydrogen) atoms. The molecule has 1 aliphatic carbocycles. The Kier molecular flexibility index (Phi) is 3.45. The van der Waals surface area contributed by atoms with Crippen molar-refractivity contribution in [3.63, 3.8) is 0 Å². The Morgan fingerprint density at radius 2 is 2.11 bits per heavy atom. The van der Waals surface area contributed by atoms with Gasteiger partial charge in [-0.1, -0.05) is 19.3 Å². The molecule has 0 atom stereocenters. The van der Waals surface area contributed by atoms with Gasteiger partial charge in [-0.05, 0) is 40.9 Å². The first-order chi connectivity index (χ1) is 9.15. The first-order valence-corrected chi connectivity index (χ1v) is 7.42. The van der Waals surface area contributed by atoms with Gasteiger partial charge in [-0.25, -0.2) is 4.52 Å². The maximum absolute atomic E-state index is 10.4. The number of anilines is 1. The summed E-state index contributed by atoms with van der Waals surface area (Å²) in [6.07, 6.45) is 7.01. The number of hydrogen-bond donors (Lipinski definition) is 2. The molecule has 0 unspecified atom stereocenters. The maximum atomic E-state index is 10.4. The highest BCUT2D eigenvalue weighted by atomic mass is 79.9. The van der Waals surface area contributed by atoms with Crippen molar-refractivity contribution in [1.82, 2.24) is 14.6 Å². The Balaban J connectivity index is 1.71. The number of nitrogens with one attached hydrogen (secondary N) is 1. The van der Waals surface area contributed by atoms with Crippen LogP contribution in [0, 0.1) is 0 Å². The van der Waals surface area contributed by atoms with E-state index >= 15 is 0 Å². The lowest BCUT2D eigenvalue weighted by Crippen LogP contribution is -2.39. The summed E-state index contributed by atoms with van der Waals surface area (Å²) in [4.78, 5) is 4.38. The summed E-state index contributed by atoms with van der Waals surface area (Å²) in [5.41, 5.74) is 0.192. The average Bonchev–Trinajstić information content (AvgIpc) is 2.79. The molecule has 0 radical (unpaired) electrons. The molecule has 5 nitrogen and oxygen atoms in total. The zero-order valence-electron chi connectivity index (χ0n) is 10.6. The predicted molar refractivity (Wildman–Crippen MR) is 77.2 cm³/mol. The highest BCUT2D eigenvalue weighted by molar-refractivity contribution is 9.10. The number of aliphatic hydroxyl groups is 1. The van der Waals surface area contributed by atoms with Gasteiger partial charge < -0.3 is 10.4 Å². The lowest BCUT2D eigenvalue weighted by Gasteiger charge is -2.31. The van der Waals surface area contributed by atoms with E-state index in [0.717, 1.165) is 35.8 Å². The Morgan fingerprint density at radius 1 is 1.32 bits per heavy atom. The van der Waals surface area contributed by atoms with E-state index in [1.807, 2.05) is 18.3 Å². The van der Waals surface area contributed by atoms with E-state index in [1.54, 1.807) is 4.52 Å². The van der Waals surface area contributed by atoms with Crippen LogP contribution in [-0.2, 0) is 0 Å². The van der Waals surface area contributed by atoms with Gasteiger partial charge in [0.15, 0.2) is 5.65 Å². The molecular formula is C13H17BrN4O. The molecule has 1 fully saturated rings. The minimum atomic E-state index is -0.601. The van der Waals surface area contributed by atoms with E-state index in [4.69, 9.17) is 0 Å². The van der Waals surface area contributed by atoms with E-state index in [9.17, 15) is 5.11 Å². The minimum absolute atomic E-state index is 0.519. The molecule has 2 N–H and O–H groups in total. The van der Waals surface area contributed by atoms with Crippen LogP contribution in [0.1, 0.15) is 32.1 Å². The number of fused-ring (bicyclic) bond motifs is 1. The van der Waals surface area contributed by atoms with Crippen molar-refractivity contribution in [1.29, 1.82) is 0 Å². The fourth-order valence-electron chi connectivity index (χ4n) is 2.56. The van der Waals surface area contributed by atoms with Crippen LogP contribution in [-0.4, -0.2) is 31.9 Å². The van der Waals surface area contributed by atoms with E-state index < -0.39 is 5.60 Å². The van der Waals surface area contributed by atoms with Crippen LogP contribution < -0.4 is 5.32 Å². The van der Waals surface area contributed by atoms with Gasteiger partial charge >= 0.3 is 0 Å². The van der Waals surface area contributed by atoms with Gasteiger partial charge in [-0.2, -0.15) is 4.98 Å². The molecule has 0 bridgehead atoms. The van der Waals surface area contributed by atoms with Crippen molar-refractivity contribution in [2.75, 3.05) is 11.9 Å². The monoisotopic (exact) mass is 324 g/mol. The smallest absolute Gasteiger partial charge is 0.243 e. The quantitative estimate of drug-likeness (QED) is 0.911. The van der Waals surface area contributed by atoms with Gasteiger partial charge in [0.2, 0.25) is 5.95 Å². The van der Waals surface area contributed by atoms with Crippen molar-refractivity contribution in [3.8, 4) is 0 Å². The summed E-state index contributed by atoms with van der Waals surface area (Å²) in [5.74, 6) is 0.567. The number of pyridine rings is 1. The molecule has 1 saturated carbocycles. The summed E-state index contributed by atoms with van der Waals surface area (Å²) in [6, 6.07) is 3.83. The van der Waals surface area contributed by atoms with Crippen LogP contribution in [0.25, 0.3) is 5.65 Å². The van der Waals surface area contributed by atoms with Gasteiger partial charge in [0.05, 0.1) is 5.60 Å². The van der Waals surface area contributed by atoms with Crippen LogP contribution in [0.15, 0.2) is 22.8 Å². The molecule has 0 spiro atoms. The molecule has 2 aromatic heterocycles. The maximum Gasteiger partial charge on any atom is 0.243 e. The highest BCUT2D eigenvalue weighted by Gasteiger charge is 2.29. The van der Waals surface area contributed by atoms with E-state index in [2.05, 4.69) is 31.3 Å². The Labute approximate surface area is 120 Å². The second-order valence-corrected chi connectivity index (χ2v) is 6.14. The molecule has 3 rings (SSSR count). The second-order valence-electron chi connectivity index (χ2n) is 5.22. The van der Waals surface area contributed by atoms with Crippen LogP contribution in [0.3, 0.4) is 0 Å². The first-order valence-electron chi connectivity index (χ1n) is 6.63. The van der Waals surface area contributed by atoms with Crippen LogP contribution in [0.5, 0.6) is 0 Å². The Morgan fingerprint density at radius 3 is 2.89 bits per heavy atom. The molecular weight excluding hydrogens is 308 g/mol. The molecule has 0 saturated heterocycles. The van der Waals surface area contributed by atoms with Crippen molar-refractivity contribution in [2.45, 2.75) is 37.7 Å². The summed E-state index contributed by atoms with van der Waals surface area (Å²) in [5, 5.41) is 17.9. The normalized spacial score (nSPS) is 18.6. The third kappa shape index (κ3) is 2.90. The van der Waals surface area contributed by atoms with Crippen LogP contribution >= 0.6 is 15.9 Å². The van der Waals surface area contributed by atoms with Crippen molar-refractivity contribution >= 4 is 27.5 Å². The average molecular weight is 325 g/mol. The largest absolute Gasteiger partial charge is 0.388 e. The van der Waals surface area contributed by atoms with Crippen molar-refractivity contribution in [2.24, 2.45) is 0 Å². The minimum Gasteiger partial charge on any atom is -0.388 e. The number of halogens is 1. The van der Waals surface area contributed by atoms with E-state index in [0.29, 0.717) is 12.5 Å². The third-order valence-electron chi connectivity index (χ3n) is 3.65. The first kappa shape index (κ1) is 12.9. The number of nitrogens with zero attached hydrogens (tertiary/aromatic N) is 3. The van der Waals surface area contributed by atoms with Gasteiger partial charge in [0.25, 0.3) is 0 Å². The van der Waals surface area contributed by atoms with Gasteiger partial charge in [0, 0.05) is 17.2 Å². The van der Waals surface area contributed by atoms with E-state index in [1.165, 1.54) is 6.42 Å². The fraction of sp³-hybridized carbons (Fsp3) is 0.538. The lowest BCUT2D eigenvalue weighted by molar-refractivity contribution is 0.0166. The molecule has 102 valence electrons. The molecule has 0 aromatic carbocycles. The molecule has 0 aliphatic heterocycles.